The third-order valence-corrected chi connectivity index (χ3v) is 5.48. The zero-order valence-electron chi connectivity index (χ0n) is 14.6. The largest absolute Gasteiger partial charge is 0.416 e. The first-order valence-corrected chi connectivity index (χ1v) is 9.62. The SMILES string of the molecule is CC1NC(=O)NC(=O)C1Cc1nnc(SCc2cccc3ccccc23)o1. The summed E-state index contributed by atoms with van der Waals surface area (Å²) in [6.07, 6.45) is 0.287. The molecule has 2 heterocycles. The summed E-state index contributed by atoms with van der Waals surface area (Å²) in [5.41, 5.74) is 1.20. The lowest BCUT2D eigenvalue weighted by molar-refractivity contribution is -0.125. The van der Waals surface area contributed by atoms with E-state index in [9.17, 15) is 9.59 Å². The number of thioether (sulfide) groups is 1. The van der Waals surface area contributed by atoms with Gasteiger partial charge in [0.05, 0.1) is 5.92 Å². The fourth-order valence-electron chi connectivity index (χ4n) is 3.17. The molecular weight excluding hydrogens is 364 g/mol. The molecule has 138 valence electrons. The van der Waals surface area contributed by atoms with E-state index in [0.29, 0.717) is 16.9 Å². The summed E-state index contributed by atoms with van der Waals surface area (Å²) in [5.74, 6) is 0.339. The molecule has 2 atom stereocenters. The van der Waals surface area contributed by atoms with Gasteiger partial charge in [0.2, 0.25) is 11.8 Å². The predicted molar refractivity (Wildman–Crippen MR) is 101 cm³/mol. The van der Waals surface area contributed by atoms with E-state index in [-0.39, 0.29) is 18.4 Å². The van der Waals surface area contributed by atoms with E-state index in [1.165, 1.54) is 28.1 Å². The first-order valence-electron chi connectivity index (χ1n) is 8.63. The molecule has 4 rings (SSSR count). The van der Waals surface area contributed by atoms with Gasteiger partial charge in [-0.05, 0) is 23.3 Å². The normalized spacial score (nSPS) is 19.7. The Balaban J connectivity index is 1.42. The molecule has 2 unspecified atom stereocenters. The molecule has 3 aromatic rings. The Bertz CT molecular complexity index is 998. The first kappa shape index (κ1) is 17.5. The number of urea groups is 1. The Morgan fingerprint density at radius 2 is 1.93 bits per heavy atom. The molecule has 1 aromatic heterocycles. The molecule has 1 aliphatic heterocycles. The second-order valence-corrected chi connectivity index (χ2v) is 7.38. The third-order valence-electron chi connectivity index (χ3n) is 4.61. The van der Waals surface area contributed by atoms with Crippen molar-refractivity contribution >= 4 is 34.5 Å². The quantitative estimate of drug-likeness (QED) is 0.659. The average molecular weight is 382 g/mol. The number of carbonyl (C=O) groups is 2. The molecule has 0 radical (unpaired) electrons. The molecule has 3 amide bonds. The Hall–Kier alpha value is -2.87. The lowest BCUT2D eigenvalue weighted by Crippen LogP contribution is -2.57. The van der Waals surface area contributed by atoms with E-state index >= 15 is 0 Å². The van der Waals surface area contributed by atoms with E-state index in [2.05, 4.69) is 45.1 Å². The van der Waals surface area contributed by atoms with Gasteiger partial charge in [0.15, 0.2) is 0 Å². The zero-order chi connectivity index (χ0) is 18.8. The van der Waals surface area contributed by atoms with Gasteiger partial charge in [-0.2, -0.15) is 0 Å². The van der Waals surface area contributed by atoms with Gasteiger partial charge < -0.3 is 9.73 Å². The molecule has 2 aromatic carbocycles. The highest BCUT2D eigenvalue weighted by molar-refractivity contribution is 7.98. The topological polar surface area (TPSA) is 97.1 Å². The van der Waals surface area contributed by atoms with E-state index in [1.54, 1.807) is 6.92 Å². The highest BCUT2D eigenvalue weighted by atomic mass is 32.2. The highest BCUT2D eigenvalue weighted by Crippen LogP contribution is 2.27. The number of amides is 3. The van der Waals surface area contributed by atoms with Crippen LogP contribution in [-0.4, -0.2) is 28.2 Å². The van der Waals surface area contributed by atoms with Crippen molar-refractivity contribution in [2.45, 2.75) is 30.4 Å². The number of aromatic nitrogens is 2. The van der Waals surface area contributed by atoms with Crippen LogP contribution in [0.4, 0.5) is 4.79 Å². The third kappa shape index (κ3) is 3.80. The Morgan fingerprint density at radius 1 is 1.11 bits per heavy atom. The maximum Gasteiger partial charge on any atom is 0.321 e. The molecular formula is C19H18N4O3S. The van der Waals surface area contributed by atoms with Crippen molar-refractivity contribution in [2.24, 2.45) is 5.92 Å². The van der Waals surface area contributed by atoms with Gasteiger partial charge >= 0.3 is 6.03 Å². The van der Waals surface area contributed by atoms with E-state index < -0.39 is 11.9 Å². The van der Waals surface area contributed by atoms with E-state index in [4.69, 9.17) is 4.42 Å². The summed E-state index contributed by atoms with van der Waals surface area (Å²) < 4.78 is 5.69. The minimum Gasteiger partial charge on any atom is -0.416 e. The number of fused-ring (bicyclic) bond motifs is 1. The summed E-state index contributed by atoms with van der Waals surface area (Å²) >= 11 is 1.46. The molecule has 27 heavy (non-hydrogen) atoms. The minimum atomic E-state index is -0.472. The minimum absolute atomic E-state index is 0.287. The molecule has 0 aliphatic carbocycles. The Kier molecular flexibility index (Phi) is 4.81. The van der Waals surface area contributed by atoms with Crippen LogP contribution in [0.15, 0.2) is 52.1 Å². The lowest BCUT2D eigenvalue weighted by Gasteiger charge is -2.27. The van der Waals surface area contributed by atoms with Crippen LogP contribution in [0.2, 0.25) is 0 Å². The van der Waals surface area contributed by atoms with Crippen LogP contribution in [0.1, 0.15) is 18.4 Å². The predicted octanol–water partition coefficient (Wildman–Crippen LogP) is 2.90. The van der Waals surface area contributed by atoms with Crippen molar-refractivity contribution < 1.29 is 14.0 Å². The second-order valence-electron chi connectivity index (χ2n) is 6.45. The van der Waals surface area contributed by atoms with Crippen molar-refractivity contribution in [3.05, 3.63) is 53.9 Å². The van der Waals surface area contributed by atoms with Crippen LogP contribution < -0.4 is 10.6 Å². The van der Waals surface area contributed by atoms with Gasteiger partial charge in [-0.25, -0.2) is 4.79 Å². The number of hydrogen-bond acceptors (Lipinski definition) is 6. The smallest absolute Gasteiger partial charge is 0.321 e. The Morgan fingerprint density at radius 3 is 2.78 bits per heavy atom. The maximum absolute atomic E-state index is 12.0. The van der Waals surface area contributed by atoms with Gasteiger partial charge in [0.25, 0.3) is 5.22 Å². The Labute approximate surface area is 159 Å². The molecule has 1 saturated heterocycles. The fourth-order valence-corrected chi connectivity index (χ4v) is 3.95. The fraction of sp³-hybridized carbons (Fsp3) is 0.263. The number of carbonyl (C=O) groups excluding carboxylic acids is 2. The van der Waals surface area contributed by atoms with E-state index in [1.807, 2.05) is 18.2 Å². The molecule has 0 bridgehead atoms. The van der Waals surface area contributed by atoms with Crippen LogP contribution in [0.5, 0.6) is 0 Å². The number of nitrogens with zero attached hydrogens (tertiary/aromatic N) is 2. The van der Waals surface area contributed by atoms with Gasteiger partial charge in [0, 0.05) is 18.2 Å². The van der Waals surface area contributed by atoms with E-state index in [0.717, 1.165) is 0 Å². The van der Waals surface area contributed by atoms with Crippen molar-refractivity contribution in [2.75, 3.05) is 0 Å². The number of hydrogen-bond donors (Lipinski definition) is 2. The first-order chi connectivity index (χ1) is 13.1. The molecule has 0 saturated carbocycles. The van der Waals surface area contributed by atoms with Gasteiger partial charge in [0.1, 0.15) is 0 Å². The standard InChI is InChI=1S/C19H18N4O3S/c1-11-15(17(24)21-18(25)20-11)9-16-22-23-19(26-16)27-10-13-7-4-6-12-5-2-3-8-14(12)13/h2-8,11,15H,9-10H2,1H3,(H2,20,21,24,25). The van der Waals surface area contributed by atoms with Crippen LogP contribution in [0.3, 0.4) is 0 Å². The van der Waals surface area contributed by atoms with Crippen LogP contribution in [0, 0.1) is 5.92 Å². The number of benzene rings is 2. The number of rotatable bonds is 5. The van der Waals surface area contributed by atoms with Crippen molar-refractivity contribution in [1.29, 1.82) is 0 Å². The maximum atomic E-state index is 12.0. The number of nitrogens with one attached hydrogen (secondary N) is 2. The van der Waals surface area contributed by atoms with Gasteiger partial charge in [-0.15, -0.1) is 10.2 Å². The van der Waals surface area contributed by atoms with Crippen molar-refractivity contribution in [1.82, 2.24) is 20.8 Å². The summed E-state index contributed by atoms with van der Waals surface area (Å²) in [5, 5.41) is 15.9. The second kappa shape index (κ2) is 7.40. The summed E-state index contributed by atoms with van der Waals surface area (Å²) in [4.78, 5) is 23.3. The van der Waals surface area contributed by atoms with Crippen LogP contribution >= 0.6 is 11.8 Å². The monoisotopic (exact) mass is 382 g/mol. The highest BCUT2D eigenvalue weighted by Gasteiger charge is 2.34. The molecule has 1 aliphatic rings. The zero-order valence-corrected chi connectivity index (χ0v) is 15.5. The van der Waals surface area contributed by atoms with Crippen LogP contribution in [0.25, 0.3) is 10.8 Å². The lowest BCUT2D eigenvalue weighted by atomic mass is 9.95. The van der Waals surface area contributed by atoms with Crippen molar-refractivity contribution in [3.8, 4) is 0 Å². The molecule has 2 N–H and O–H groups in total. The van der Waals surface area contributed by atoms with Crippen molar-refractivity contribution in [3.63, 3.8) is 0 Å². The molecule has 7 nitrogen and oxygen atoms in total. The average Bonchev–Trinajstić information content (AvgIpc) is 3.10. The molecule has 8 heteroatoms. The summed E-state index contributed by atoms with van der Waals surface area (Å²) in [6, 6.07) is 13.7. The molecule has 0 spiro atoms. The van der Waals surface area contributed by atoms with Gasteiger partial charge in [-0.3, -0.25) is 10.1 Å². The van der Waals surface area contributed by atoms with Gasteiger partial charge in [-0.1, -0.05) is 54.2 Å². The van der Waals surface area contributed by atoms with Crippen LogP contribution in [-0.2, 0) is 17.0 Å². The number of imide groups is 1. The summed E-state index contributed by atoms with van der Waals surface area (Å²) in [7, 11) is 0. The molecule has 1 fully saturated rings. The summed E-state index contributed by atoms with van der Waals surface area (Å²) in [6.45, 7) is 1.79.